The molecule has 1 amide bonds. The van der Waals surface area contributed by atoms with Gasteiger partial charge < -0.3 is 10.1 Å². The van der Waals surface area contributed by atoms with Crippen molar-refractivity contribution < 1.29 is 14.3 Å². The highest BCUT2D eigenvalue weighted by atomic mass is 35.5. The van der Waals surface area contributed by atoms with E-state index in [4.69, 9.17) is 27.9 Å². The Balaban J connectivity index is 2.00. The van der Waals surface area contributed by atoms with Gasteiger partial charge >= 0.3 is 0 Å². The fourth-order valence-corrected chi connectivity index (χ4v) is 2.56. The molecule has 0 aromatic heterocycles. The average Bonchev–Trinajstić information content (AvgIpc) is 2.56. The van der Waals surface area contributed by atoms with Crippen LogP contribution in [0.4, 0.5) is 5.69 Å². The summed E-state index contributed by atoms with van der Waals surface area (Å²) in [6.45, 7) is 1.89. The molecule has 0 aliphatic heterocycles. The van der Waals surface area contributed by atoms with Crippen LogP contribution >= 0.6 is 23.2 Å². The van der Waals surface area contributed by atoms with E-state index in [1.165, 1.54) is 7.11 Å². The van der Waals surface area contributed by atoms with E-state index in [9.17, 15) is 9.59 Å². The molecule has 0 spiro atoms. The third-order valence-corrected chi connectivity index (χ3v) is 4.28. The number of anilines is 1. The number of aryl methyl sites for hydroxylation is 1. The summed E-state index contributed by atoms with van der Waals surface area (Å²) in [5.41, 5.74) is 1.86. The van der Waals surface area contributed by atoms with Gasteiger partial charge in [-0.3, -0.25) is 9.59 Å². The summed E-state index contributed by atoms with van der Waals surface area (Å²) in [5.74, 6) is 0.0471. The number of carbonyl (C=O) groups excluding carboxylic acids is 2. The molecule has 4 nitrogen and oxygen atoms in total. The molecular weight excluding hydrogens is 349 g/mol. The third-order valence-electron chi connectivity index (χ3n) is 3.46. The lowest BCUT2D eigenvalue weighted by atomic mass is 10.0. The number of nitrogens with one attached hydrogen (secondary N) is 1. The van der Waals surface area contributed by atoms with Crippen LogP contribution in [-0.4, -0.2) is 18.8 Å². The van der Waals surface area contributed by atoms with Gasteiger partial charge in [-0.15, -0.1) is 0 Å². The van der Waals surface area contributed by atoms with E-state index in [0.717, 1.165) is 5.56 Å². The number of rotatable bonds is 6. The number of amides is 1. The molecule has 0 radical (unpaired) electrons. The number of ether oxygens (including phenoxy) is 1. The average molecular weight is 366 g/mol. The second kappa shape index (κ2) is 8.18. The highest BCUT2D eigenvalue weighted by Crippen LogP contribution is 2.29. The van der Waals surface area contributed by atoms with Crippen molar-refractivity contribution in [3.05, 3.63) is 57.6 Å². The van der Waals surface area contributed by atoms with Crippen molar-refractivity contribution in [1.82, 2.24) is 0 Å². The van der Waals surface area contributed by atoms with Crippen LogP contribution in [0.1, 0.15) is 28.8 Å². The van der Waals surface area contributed by atoms with Crippen LogP contribution in [0.25, 0.3) is 0 Å². The van der Waals surface area contributed by atoms with Gasteiger partial charge in [-0.05, 0) is 31.2 Å². The minimum absolute atomic E-state index is 0.0404. The van der Waals surface area contributed by atoms with Crippen LogP contribution in [0.2, 0.25) is 10.0 Å². The number of hydrogen-bond donors (Lipinski definition) is 1. The van der Waals surface area contributed by atoms with Crippen molar-refractivity contribution in [3.8, 4) is 5.75 Å². The van der Waals surface area contributed by atoms with Crippen LogP contribution in [-0.2, 0) is 4.79 Å². The van der Waals surface area contributed by atoms with E-state index in [-0.39, 0.29) is 29.6 Å². The van der Waals surface area contributed by atoms with Crippen molar-refractivity contribution in [1.29, 1.82) is 0 Å². The molecule has 2 rings (SSSR count). The molecule has 24 heavy (non-hydrogen) atoms. The predicted octanol–water partition coefficient (Wildman–Crippen LogP) is 4.91. The number of halogens is 2. The molecule has 0 bridgehead atoms. The van der Waals surface area contributed by atoms with Gasteiger partial charge in [-0.25, -0.2) is 0 Å². The van der Waals surface area contributed by atoms with Crippen LogP contribution in [0.5, 0.6) is 5.75 Å². The molecule has 0 heterocycles. The molecule has 0 fully saturated rings. The summed E-state index contributed by atoms with van der Waals surface area (Å²) in [7, 11) is 1.51. The Morgan fingerprint density at radius 1 is 1.12 bits per heavy atom. The topological polar surface area (TPSA) is 55.4 Å². The molecule has 1 N–H and O–H groups in total. The van der Waals surface area contributed by atoms with Gasteiger partial charge in [-0.1, -0.05) is 40.9 Å². The Morgan fingerprint density at radius 2 is 1.88 bits per heavy atom. The van der Waals surface area contributed by atoms with Crippen molar-refractivity contribution in [2.45, 2.75) is 19.8 Å². The van der Waals surface area contributed by atoms with Gasteiger partial charge in [0.2, 0.25) is 5.91 Å². The Kier molecular flexibility index (Phi) is 6.23. The highest BCUT2D eigenvalue weighted by molar-refractivity contribution is 6.44. The van der Waals surface area contributed by atoms with Gasteiger partial charge in [-0.2, -0.15) is 0 Å². The smallest absolute Gasteiger partial charge is 0.224 e. The number of methoxy groups -OCH3 is 1. The van der Waals surface area contributed by atoms with Crippen molar-refractivity contribution in [3.63, 3.8) is 0 Å². The highest BCUT2D eigenvalue weighted by Gasteiger charge is 2.15. The van der Waals surface area contributed by atoms with Crippen molar-refractivity contribution >= 4 is 40.6 Å². The fourth-order valence-electron chi connectivity index (χ4n) is 2.21. The molecule has 0 unspecified atom stereocenters. The van der Waals surface area contributed by atoms with E-state index in [1.54, 1.807) is 30.3 Å². The first kappa shape index (κ1) is 18.3. The van der Waals surface area contributed by atoms with E-state index in [1.807, 2.05) is 13.0 Å². The summed E-state index contributed by atoms with van der Waals surface area (Å²) in [6, 6.07) is 10.3. The molecule has 0 saturated heterocycles. The van der Waals surface area contributed by atoms with E-state index >= 15 is 0 Å². The van der Waals surface area contributed by atoms with Gasteiger partial charge in [0, 0.05) is 12.8 Å². The Labute approximate surface area is 150 Å². The Morgan fingerprint density at radius 3 is 2.58 bits per heavy atom. The molecule has 0 saturated carbocycles. The molecule has 126 valence electrons. The van der Waals surface area contributed by atoms with Crippen molar-refractivity contribution in [2.75, 3.05) is 12.4 Å². The molecule has 0 atom stereocenters. The summed E-state index contributed by atoms with van der Waals surface area (Å²) in [4.78, 5) is 24.4. The maximum Gasteiger partial charge on any atom is 0.224 e. The maximum absolute atomic E-state index is 12.3. The molecular formula is C18H17Cl2NO3. The molecule has 6 heteroatoms. The van der Waals surface area contributed by atoms with E-state index in [2.05, 4.69) is 5.32 Å². The quantitative estimate of drug-likeness (QED) is 0.739. The first-order valence-corrected chi connectivity index (χ1v) is 8.09. The lowest BCUT2D eigenvalue weighted by Crippen LogP contribution is -2.14. The van der Waals surface area contributed by atoms with Crippen LogP contribution < -0.4 is 10.1 Å². The van der Waals surface area contributed by atoms with Gasteiger partial charge in [0.1, 0.15) is 5.75 Å². The number of benzene rings is 2. The summed E-state index contributed by atoms with van der Waals surface area (Å²) in [6.07, 6.45) is 0.114. The minimum Gasteiger partial charge on any atom is -0.496 e. The van der Waals surface area contributed by atoms with Gasteiger partial charge in [0.25, 0.3) is 0 Å². The van der Waals surface area contributed by atoms with Crippen LogP contribution in [0.15, 0.2) is 36.4 Å². The van der Waals surface area contributed by atoms with Crippen LogP contribution in [0.3, 0.4) is 0 Å². The molecule has 2 aromatic rings. The normalized spacial score (nSPS) is 10.3. The minimum atomic E-state index is -0.306. The zero-order valence-corrected chi connectivity index (χ0v) is 14.9. The first-order chi connectivity index (χ1) is 11.4. The standard InChI is InChI=1S/C18H17Cl2NO3/c1-11-6-8-16(24-2)12(10-11)15(22)7-9-17(23)21-14-5-3-4-13(19)18(14)20/h3-6,8,10H,7,9H2,1-2H3,(H,21,23). The summed E-state index contributed by atoms with van der Waals surface area (Å²) < 4.78 is 5.20. The Bertz CT molecular complexity index is 775. The van der Waals surface area contributed by atoms with Gasteiger partial charge in [0.15, 0.2) is 5.78 Å². The zero-order valence-electron chi connectivity index (χ0n) is 13.4. The molecule has 0 aliphatic carbocycles. The van der Waals surface area contributed by atoms with Gasteiger partial charge in [0.05, 0.1) is 28.4 Å². The number of hydrogen-bond acceptors (Lipinski definition) is 3. The third kappa shape index (κ3) is 4.49. The maximum atomic E-state index is 12.3. The van der Waals surface area contributed by atoms with Crippen LogP contribution in [0, 0.1) is 6.92 Å². The number of carbonyl (C=O) groups is 2. The lowest BCUT2D eigenvalue weighted by Gasteiger charge is -2.10. The zero-order chi connectivity index (χ0) is 17.7. The summed E-state index contributed by atoms with van der Waals surface area (Å²) >= 11 is 11.9. The monoisotopic (exact) mass is 365 g/mol. The number of ketones is 1. The SMILES string of the molecule is COc1ccc(C)cc1C(=O)CCC(=O)Nc1cccc(Cl)c1Cl. The first-order valence-electron chi connectivity index (χ1n) is 7.34. The lowest BCUT2D eigenvalue weighted by molar-refractivity contribution is -0.116. The fraction of sp³-hybridized carbons (Fsp3) is 0.222. The second-order valence-electron chi connectivity index (χ2n) is 5.28. The molecule has 0 aliphatic rings. The van der Waals surface area contributed by atoms with E-state index < -0.39 is 0 Å². The van der Waals surface area contributed by atoms with E-state index in [0.29, 0.717) is 22.0 Å². The Hall–Kier alpha value is -2.04. The summed E-state index contributed by atoms with van der Waals surface area (Å²) in [5, 5.41) is 3.29. The number of Topliss-reactive ketones (excluding diaryl/α,β-unsaturated/α-hetero) is 1. The molecule has 2 aromatic carbocycles. The predicted molar refractivity (Wildman–Crippen MR) is 96.4 cm³/mol. The van der Waals surface area contributed by atoms with Crippen molar-refractivity contribution in [2.24, 2.45) is 0 Å². The largest absolute Gasteiger partial charge is 0.496 e. The second-order valence-corrected chi connectivity index (χ2v) is 6.06.